The Kier molecular flexibility index (Phi) is 2.82. The van der Waals surface area contributed by atoms with Crippen LogP contribution in [0.5, 0.6) is 0 Å². The maximum absolute atomic E-state index is 5.67. The first-order valence-corrected chi connectivity index (χ1v) is 5.50. The molecule has 3 N–H and O–H groups in total. The van der Waals surface area contributed by atoms with Crippen molar-refractivity contribution in [3.05, 3.63) is 30.1 Å². The summed E-state index contributed by atoms with van der Waals surface area (Å²) >= 11 is 1.36. The number of nitrogens with zero attached hydrogens (tertiary/aromatic N) is 2. The van der Waals surface area contributed by atoms with Crippen molar-refractivity contribution in [2.24, 2.45) is 0 Å². The molecule has 4 nitrogen and oxygen atoms in total. The van der Waals surface area contributed by atoms with Gasteiger partial charge in [0.05, 0.1) is 0 Å². The fourth-order valence-corrected chi connectivity index (χ4v) is 1.86. The molecule has 0 bridgehead atoms. The van der Waals surface area contributed by atoms with Gasteiger partial charge >= 0.3 is 0 Å². The van der Waals surface area contributed by atoms with Crippen molar-refractivity contribution in [2.75, 3.05) is 11.1 Å². The largest absolute Gasteiger partial charge is 0.399 e. The van der Waals surface area contributed by atoms with E-state index in [9.17, 15) is 0 Å². The van der Waals surface area contributed by atoms with Gasteiger partial charge in [0.25, 0.3) is 0 Å². The van der Waals surface area contributed by atoms with Gasteiger partial charge in [0, 0.05) is 29.3 Å². The molecule has 5 heteroatoms. The topological polar surface area (TPSA) is 63.8 Å². The molecule has 0 radical (unpaired) electrons. The molecule has 0 spiro atoms. The van der Waals surface area contributed by atoms with E-state index >= 15 is 0 Å². The van der Waals surface area contributed by atoms with E-state index in [0.717, 1.165) is 28.8 Å². The average molecular weight is 220 g/mol. The Bertz CT molecular complexity index is 452. The Labute approximate surface area is 92.3 Å². The molecular weight excluding hydrogens is 208 g/mol. The second kappa shape index (κ2) is 4.27. The number of aryl methyl sites for hydroxylation is 1. The molecule has 0 atom stereocenters. The van der Waals surface area contributed by atoms with Gasteiger partial charge in [0.1, 0.15) is 5.82 Å². The summed E-state index contributed by atoms with van der Waals surface area (Å²) in [5.74, 6) is 0.867. The first-order chi connectivity index (χ1) is 7.28. The van der Waals surface area contributed by atoms with Crippen molar-refractivity contribution in [3.63, 3.8) is 0 Å². The second-order valence-corrected chi connectivity index (χ2v) is 3.87. The van der Waals surface area contributed by atoms with Gasteiger partial charge in [-0.2, -0.15) is 4.37 Å². The fraction of sp³-hybridized carbons (Fsp3) is 0.200. The highest BCUT2D eigenvalue weighted by molar-refractivity contribution is 7.09. The molecule has 1 aromatic carbocycles. The third-order valence-electron chi connectivity index (χ3n) is 1.92. The van der Waals surface area contributed by atoms with Crippen LogP contribution in [0.15, 0.2) is 24.3 Å². The van der Waals surface area contributed by atoms with Gasteiger partial charge in [-0.25, -0.2) is 4.98 Å². The maximum Gasteiger partial charge on any atom is 0.207 e. The van der Waals surface area contributed by atoms with Crippen LogP contribution in [-0.2, 0) is 6.42 Å². The van der Waals surface area contributed by atoms with Gasteiger partial charge in [-0.15, -0.1) is 0 Å². The maximum atomic E-state index is 5.67. The van der Waals surface area contributed by atoms with E-state index in [0.29, 0.717) is 0 Å². The number of hydrogen-bond acceptors (Lipinski definition) is 5. The van der Waals surface area contributed by atoms with Gasteiger partial charge in [-0.1, -0.05) is 13.0 Å². The Morgan fingerprint density at radius 3 is 3.00 bits per heavy atom. The van der Waals surface area contributed by atoms with Crippen LogP contribution in [-0.4, -0.2) is 9.36 Å². The van der Waals surface area contributed by atoms with Gasteiger partial charge in [-0.05, 0) is 18.2 Å². The lowest BCUT2D eigenvalue weighted by Gasteiger charge is -2.01. The van der Waals surface area contributed by atoms with E-state index in [1.807, 2.05) is 31.2 Å². The van der Waals surface area contributed by atoms with Crippen molar-refractivity contribution in [1.82, 2.24) is 9.36 Å². The van der Waals surface area contributed by atoms with Crippen LogP contribution in [0, 0.1) is 0 Å². The van der Waals surface area contributed by atoms with E-state index in [2.05, 4.69) is 14.7 Å². The molecule has 78 valence electrons. The molecule has 0 aliphatic rings. The third-order valence-corrected chi connectivity index (χ3v) is 2.59. The zero-order valence-electron chi connectivity index (χ0n) is 8.40. The van der Waals surface area contributed by atoms with Crippen LogP contribution >= 0.6 is 11.5 Å². The molecule has 2 aromatic rings. The minimum atomic E-state index is 0.736. The summed E-state index contributed by atoms with van der Waals surface area (Å²) in [6.45, 7) is 2.03. The highest BCUT2D eigenvalue weighted by Crippen LogP contribution is 2.20. The minimum Gasteiger partial charge on any atom is -0.399 e. The molecule has 0 fully saturated rings. The monoisotopic (exact) mass is 220 g/mol. The quantitative estimate of drug-likeness (QED) is 0.780. The van der Waals surface area contributed by atoms with Gasteiger partial charge in [0.15, 0.2) is 0 Å². The highest BCUT2D eigenvalue weighted by atomic mass is 32.1. The number of nitrogens with one attached hydrogen (secondary N) is 1. The summed E-state index contributed by atoms with van der Waals surface area (Å²) in [6, 6.07) is 7.57. The standard InChI is InChI=1S/C10H12N4S/c1-2-9-13-10(15-14-9)12-8-5-3-4-7(11)6-8/h3-6H,2,11H2,1H3,(H,12,13,14). The number of nitrogens with two attached hydrogens (primary N) is 1. The normalized spacial score (nSPS) is 10.2. The number of aromatic nitrogens is 2. The summed E-state index contributed by atoms with van der Waals surface area (Å²) in [6.07, 6.45) is 0.856. The first-order valence-electron chi connectivity index (χ1n) is 4.73. The van der Waals surface area contributed by atoms with Crippen LogP contribution < -0.4 is 11.1 Å². The number of benzene rings is 1. The number of rotatable bonds is 3. The summed E-state index contributed by atoms with van der Waals surface area (Å²) in [4.78, 5) is 4.31. The Morgan fingerprint density at radius 1 is 1.47 bits per heavy atom. The van der Waals surface area contributed by atoms with E-state index in [1.54, 1.807) is 0 Å². The fourth-order valence-electron chi connectivity index (χ4n) is 1.19. The molecule has 15 heavy (non-hydrogen) atoms. The highest BCUT2D eigenvalue weighted by Gasteiger charge is 2.01. The predicted octanol–water partition coefficient (Wildman–Crippen LogP) is 2.43. The molecule has 2 rings (SSSR count). The van der Waals surface area contributed by atoms with Crippen LogP contribution in [0.4, 0.5) is 16.5 Å². The van der Waals surface area contributed by atoms with Crippen LogP contribution in [0.1, 0.15) is 12.7 Å². The second-order valence-electron chi connectivity index (χ2n) is 3.12. The van der Waals surface area contributed by atoms with Gasteiger partial charge in [0.2, 0.25) is 5.13 Å². The van der Waals surface area contributed by atoms with E-state index in [4.69, 9.17) is 5.73 Å². The van der Waals surface area contributed by atoms with E-state index in [-0.39, 0.29) is 0 Å². The van der Waals surface area contributed by atoms with Crippen LogP contribution in [0.3, 0.4) is 0 Å². The summed E-state index contributed by atoms with van der Waals surface area (Å²) in [5, 5.41) is 3.97. The predicted molar refractivity (Wildman–Crippen MR) is 63.4 cm³/mol. The molecule has 0 aliphatic heterocycles. The lowest BCUT2D eigenvalue weighted by molar-refractivity contribution is 1.00. The molecule has 1 aromatic heterocycles. The average Bonchev–Trinajstić information content (AvgIpc) is 2.65. The van der Waals surface area contributed by atoms with Crippen molar-refractivity contribution in [2.45, 2.75) is 13.3 Å². The van der Waals surface area contributed by atoms with E-state index in [1.165, 1.54) is 11.5 Å². The summed E-state index contributed by atoms with van der Waals surface area (Å²) < 4.78 is 4.19. The number of anilines is 3. The molecule has 1 heterocycles. The summed E-state index contributed by atoms with van der Waals surface area (Å²) in [7, 11) is 0. The molecule has 0 saturated carbocycles. The number of hydrogen-bond donors (Lipinski definition) is 2. The lowest BCUT2D eigenvalue weighted by atomic mass is 10.3. The van der Waals surface area contributed by atoms with Crippen LogP contribution in [0.2, 0.25) is 0 Å². The van der Waals surface area contributed by atoms with Crippen molar-refractivity contribution >= 4 is 28.0 Å². The Morgan fingerprint density at radius 2 is 2.33 bits per heavy atom. The molecule has 0 amide bonds. The van der Waals surface area contributed by atoms with Crippen molar-refractivity contribution < 1.29 is 0 Å². The lowest BCUT2D eigenvalue weighted by Crippen LogP contribution is -1.92. The Hall–Kier alpha value is -1.62. The zero-order valence-corrected chi connectivity index (χ0v) is 9.21. The number of nitrogen functional groups attached to an aromatic ring is 1. The zero-order chi connectivity index (χ0) is 10.7. The van der Waals surface area contributed by atoms with Gasteiger partial charge < -0.3 is 11.1 Å². The molecule has 0 saturated heterocycles. The minimum absolute atomic E-state index is 0.736. The molecule has 0 aliphatic carbocycles. The van der Waals surface area contributed by atoms with Crippen molar-refractivity contribution in [1.29, 1.82) is 0 Å². The van der Waals surface area contributed by atoms with E-state index < -0.39 is 0 Å². The SMILES string of the molecule is CCc1nsc(Nc2cccc(N)c2)n1. The smallest absolute Gasteiger partial charge is 0.207 e. The summed E-state index contributed by atoms with van der Waals surface area (Å²) in [5.41, 5.74) is 7.35. The van der Waals surface area contributed by atoms with Crippen molar-refractivity contribution in [3.8, 4) is 0 Å². The first kappa shape index (κ1) is 9.92. The van der Waals surface area contributed by atoms with Crippen LogP contribution in [0.25, 0.3) is 0 Å². The molecular formula is C10H12N4S. The van der Waals surface area contributed by atoms with Gasteiger partial charge in [-0.3, -0.25) is 0 Å². The molecule has 0 unspecified atom stereocenters. The Balaban J connectivity index is 2.14. The third kappa shape index (κ3) is 2.44.